The van der Waals surface area contributed by atoms with Crippen molar-refractivity contribution in [1.82, 2.24) is 14.9 Å². The Balaban J connectivity index is 1.50. The Kier molecular flexibility index (Phi) is 6.58. The van der Waals surface area contributed by atoms with E-state index in [9.17, 15) is 9.59 Å². The van der Waals surface area contributed by atoms with E-state index < -0.39 is 5.91 Å². The highest BCUT2D eigenvalue weighted by Crippen LogP contribution is 2.28. The van der Waals surface area contributed by atoms with Crippen molar-refractivity contribution in [2.24, 2.45) is 17.6 Å². The number of amides is 2. The van der Waals surface area contributed by atoms with Crippen LogP contribution in [-0.4, -0.2) is 39.8 Å². The maximum atomic E-state index is 12.7. The van der Waals surface area contributed by atoms with Crippen LogP contribution in [0.25, 0.3) is 0 Å². The Morgan fingerprint density at radius 3 is 2.54 bits per heavy atom. The first-order chi connectivity index (χ1) is 12.6. The van der Waals surface area contributed by atoms with Gasteiger partial charge in [0.15, 0.2) is 0 Å². The summed E-state index contributed by atoms with van der Waals surface area (Å²) in [5, 5.41) is 0. The predicted molar refractivity (Wildman–Crippen MR) is 99.4 cm³/mol. The minimum Gasteiger partial charge on any atom is -0.364 e. The van der Waals surface area contributed by atoms with E-state index in [-0.39, 0.29) is 5.69 Å². The topological polar surface area (TPSA) is 89.2 Å². The fraction of sp³-hybridized carbons (Fsp3) is 0.700. The quantitative estimate of drug-likeness (QED) is 0.876. The SMILES string of the molecule is NC(=O)c1cc(CC2CCCN(C(=O)CC3CCCCC3)CC2)ncn1. The number of likely N-dealkylation sites (tertiary alicyclic amines) is 1. The summed E-state index contributed by atoms with van der Waals surface area (Å²) in [5.41, 5.74) is 6.43. The molecule has 1 aromatic heterocycles. The van der Waals surface area contributed by atoms with Gasteiger partial charge in [-0.05, 0) is 56.4 Å². The molecule has 1 saturated heterocycles. The predicted octanol–water partition coefficient (Wildman–Crippen LogP) is 2.72. The molecular formula is C20H30N4O2. The zero-order valence-corrected chi connectivity index (χ0v) is 15.5. The summed E-state index contributed by atoms with van der Waals surface area (Å²) in [6, 6.07) is 1.69. The minimum atomic E-state index is -0.519. The van der Waals surface area contributed by atoms with E-state index in [2.05, 4.69) is 14.9 Å². The Hall–Kier alpha value is -1.98. The third-order valence-electron chi connectivity index (χ3n) is 5.86. The first-order valence-corrected chi connectivity index (χ1v) is 10.0. The van der Waals surface area contributed by atoms with Gasteiger partial charge in [0.1, 0.15) is 12.0 Å². The standard InChI is InChI=1S/C20H30N4O2/c21-20(26)18-13-17(22-14-23-18)11-16-7-4-9-24(10-8-16)19(25)12-15-5-2-1-3-6-15/h13-16H,1-12H2,(H2,21,26). The minimum absolute atomic E-state index is 0.271. The molecule has 2 aliphatic rings. The van der Waals surface area contributed by atoms with Gasteiger partial charge in [0.2, 0.25) is 5.91 Å². The molecule has 2 fully saturated rings. The van der Waals surface area contributed by atoms with Gasteiger partial charge >= 0.3 is 0 Å². The average Bonchev–Trinajstić information content (AvgIpc) is 2.88. The number of nitrogens with two attached hydrogens (primary N) is 1. The Morgan fingerprint density at radius 1 is 1.00 bits per heavy atom. The number of primary amides is 1. The van der Waals surface area contributed by atoms with Crippen molar-refractivity contribution in [1.29, 1.82) is 0 Å². The molecule has 26 heavy (non-hydrogen) atoms. The maximum Gasteiger partial charge on any atom is 0.267 e. The van der Waals surface area contributed by atoms with Crippen molar-refractivity contribution >= 4 is 11.8 Å². The van der Waals surface area contributed by atoms with Crippen LogP contribution in [0.2, 0.25) is 0 Å². The number of nitrogens with zero attached hydrogens (tertiary/aromatic N) is 3. The molecule has 1 atom stereocenters. The molecule has 3 rings (SSSR count). The van der Waals surface area contributed by atoms with Crippen LogP contribution in [0.5, 0.6) is 0 Å². The van der Waals surface area contributed by atoms with E-state index in [0.717, 1.165) is 50.9 Å². The summed E-state index contributed by atoms with van der Waals surface area (Å²) < 4.78 is 0. The lowest BCUT2D eigenvalue weighted by atomic mass is 9.86. The second-order valence-corrected chi connectivity index (χ2v) is 7.85. The Morgan fingerprint density at radius 2 is 1.77 bits per heavy atom. The van der Waals surface area contributed by atoms with Gasteiger partial charge < -0.3 is 10.6 Å². The summed E-state index contributed by atoms with van der Waals surface area (Å²) in [4.78, 5) is 34.2. The molecule has 1 aromatic rings. The molecule has 1 saturated carbocycles. The lowest BCUT2D eigenvalue weighted by molar-refractivity contribution is -0.132. The summed E-state index contributed by atoms with van der Waals surface area (Å²) in [5.74, 6) is 0.909. The summed E-state index contributed by atoms with van der Waals surface area (Å²) in [7, 11) is 0. The van der Waals surface area contributed by atoms with Gasteiger partial charge in [0.25, 0.3) is 5.91 Å². The fourth-order valence-corrected chi connectivity index (χ4v) is 4.33. The highest BCUT2D eigenvalue weighted by molar-refractivity contribution is 5.90. The summed E-state index contributed by atoms with van der Waals surface area (Å²) in [6.45, 7) is 1.71. The van der Waals surface area contributed by atoms with Crippen LogP contribution in [0.15, 0.2) is 12.4 Å². The molecule has 0 aromatic carbocycles. The van der Waals surface area contributed by atoms with Gasteiger partial charge in [0.05, 0.1) is 0 Å². The van der Waals surface area contributed by atoms with Crippen molar-refractivity contribution in [3.05, 3.63) is 23.8 Å². The monoisotopic (exact) mass is 358 g/mol. The van der Waals surface area contributed by atoms with Crippen LogP contribution < -0.4 is 5.73 Å². The van der Waals surface area contributed by atoms with Gasteiger partial charge in [0, 0.05) is 25.2 Å². The van der Waals surface area contributed by atoms with Gasteiger partial charge in [-0.1, -0.05) is 19.3 Å². The molecule has 0 bridgehead atoms. The highest BCUT2D eigenvalue weighted by Gasteiger charge is 2.24. The van der Waals surface area contributed by atoms with E-state index in [1.807, 2.05) is 0 Å². The molecule has 1 aliphatic heterocycles. The normalized spacial score (nSPS) is 22.0. The summed E-state index contributed by atoms with van der Waals surface area (Å²) in [6.07, 6.45) is 12.4. The number of carbonyl (C=O) groups is 2. The van der Waals surface area contributed by atoms with Gasteiger partial charge in [-0.3, -0.25) is 9.59 Å². The molecule has 6 nitrogen and oxygen atoms in total. The largest absolute Gasteiger partial charge is 0.364 e. The van der Waals surface area contributed by atoms with Crippen molar-refractivity contribution in [2.45, 2.75) is 64.2 Å². The van der Waals surface area contributed by atoms with Crippen LogP contribution >= 0.6 is 0 Å². The molecule has 2 heterocycles. The van der Waals surface area contributed by atoms with Gasteiger partial charge in [-0.25, -0.2) is 9.97 Å². The van der Waals surface area contributed by atoms with E-state index in [1.165, 1.54) is 38.4 Å². The molecule has 2 amide bonds. The van der Waals surface area contributed by atoms with E-state index in [4.69, 9.17) is 5.73 Å². The van der Waals surface area contributed by atoms with Crippen molar-refractivity contribution in [2.75, 3.05) is 13.1 Å². The van der Waals surface area contributed by atoms with Crippen LogP contribution in [0.1, 0.15) is 74.0 Å². The van der Waals surface area contributed by atoms with Crippen LogP contribution in [0.4, 0.5) is 0 Å². The lowest BCUT2D eigenvalue weighted by Crippen LogP contribution is -2.33. The molecule has 0 radical (unpaired) electrons. The number of aromatic nitrogens is 2. The van der Waals surface area contributed by atoms with Gasteiger partial charge in [-0.2, -0.15) is 0 Å². The molecule has 1 unspecified atom stereocenters. The fourth-order valence-electron chi connectivity index (χ4n) is 4.33. The molecular weight excluding hydrogens is 328 g/mol. The number of rotatable bonds is 5. The molecule has 6 heteroatoms. The van der Waals surface area contributed by atoms with Crippen LogP contribution in [-0.2, 0) is 11.2 Å². The van der Waals surface area contributed by atoms with E-state index in [1.54, 1.807) is 6.07 Å². The smallest absolute Gasteiger partial charge is 0.267 e. The second-order valence-electron chi connectivity index (χ2n) is 7.85. The first-order valence-electron chi connectivity index (χ1n) is 10.0. The number of hydrogen-bond acceptors (Lipinski definition) is 4. The number of hydrogen-bond donors (Lipinski definition) is 1. The van der Waals surface area contributed by atoms with Crippen molar-refractivity contribution in [3.8, 4) is 0 Å². The molecule has 2 N–H and O–H groups in total. The second kappa shape index (κ2) is 9.10. The number of carbonyl (C=O) groups excluding carboxylic acids is 2. The summed E-state index contributed by atoms with van der Waals surface area (Å²) >= 11 is 0. The Labute approximate surface area is 155 Å². The zero-order valence-electron chi connectivity index (χ0n) is 15.5. The van der Waals surface area contributed by atoms with Crippen LogP contribution in [0.3, 0.4) is 0 Å². The maximum absolute atomic E-state index is 12.7. The lowest BCUT2D eigenvalue weighted by Gasteiger charge is -2.26. The van der Waals surface area contributed by atoms with Gasteiger partial charge in [-0.15, -0.1) is 0 Å². The van der Waals surface area contributed by atoms with E-state index in [0.29, 0.717) is 17.7 Å². The zero-order chi connectivity index (χ0) is 18.4. The molecule has 1 aliphatic carbocycles. The Bertz CT molecular complexity index is 628. The van der Waals surface area contributed by atoms with E-state index >= 15 is 0 Å². The first kappa shape index (κ1) is 18.8. The van der Waals surface area contributed by atoms with Crippen molar-refractivity contribution in [3.63, 3.8) is 0 Å². The third kappa shape index (κ3) is 5.26. The third-order valence-corrected chi connectivity index (χ3v) is 5.86. The average molecular weight is 358 g/mol. The van der Waals surface area contributed by atoms with Crippen molar-refractivity contribution < 1.29 is 9.59 Å². The molecule has 142 valence electrons. The van der Waals surface area contributed by atoms with Crippen LogP contribution in [0, 0.1) is 11.8 Å². The molecule has 0 spiro atoms. The highest BCUT2D eigenvalue weighted by atomic mass is 16.2.